The molecule has 2 heterocycles. The van der Waals surface area contributed by atoms with Crippen LogP contribution in [-0.4, -0.2) is 17.7 Å². The summed E-state index contributed by atoms with van der Waals surface area (Å²) in [5, 5.41) is 0. The van der Waals surface area contributed by atoms with Gasteiger partial charge in [-0.1, -0.05) is 12.1 Å². The highest BCUT2D eigenvalue weighted by Crippen LogP contribution is 2.16. The summed E-state index contributed by atoms with van der Waals surface area (Å²) in [5.74, 6) is 0.314. The summed E-state index contributed by atoms with van der Waals surface area (Å²) in [6.07, 6.45) is 2.67. The van der Waals surface area contributed by atoms with Crippen molar-refractivity contribution in [3.63, 3.8) is 0 Å². The van der Waals surface area contributed by atoms with Crippen LogP contribution in [0.4, 0.5) is 4.39 Å². The lowest BCUT2D eigenvalue weighted by molar-refractivity contribution is 0.292. The number of hydrogen-bond acceptors (Lipinski definition) is 3. The van der Waals surface area contributed by atoms with Gasteiger partial charge in [0.25, 0.3) is 0 Å². The number of rotatable bonds is 3. The molecule has 0 atom stereocenters. The molecule has 19 heavy (non-hydrogen) atoms. The average Bonchev–Trinajstić information content (AvgIpc) is 2.45. The van der Waals surface area contributed by atoms with Crippen LogP contribution in [-0.2, 0) is 13.0 Å². The van der Waals surface area contributed by atoms with Crippen LogP contribution >= 0.6 is 0 Å². The number of ether oxygens (including phenoxy) is 1. The molecule has 1 aromatic heterocycles. The molecule has 1 aliphatic heterocycles. The molecular weight excluding hydrogens is 243 g/mol. The van der Waals surface area contributed by atoms with Crippen LogP contribution in [0, 0.1) is 5.82 Å². The number of hydrogen-bond donors (Lipinski definition) is 0. The second-order valence-electron chi connectivity index (χ2n) is 4.39. The van der Waals surface area contributed by atoms with E-state index in [-0.39, 0.29) is 5.82 Å². The highest BCUT2D eigenvalue weighted by atomic mass is 19.1. The number of fused-ring (bicyclic) bond motifs is 1. The van der Waals surface area contributed by atoms with Crippen LogP contribution in [0.15, 0.2) is 41.4 Å². The fourth-order valence-corrected chi connectivity index (χ4v) is 2.01. The van der Waals surface area contributed by atoms with Crippen molar-refractivity contribution in [2.24, 2.45) is 4.99 Å². The number of halogens is 1. The van der Waals surface area contributed by atoms with Gasteiger partial charge in [0.1, 0.15) is 12.4 Å². The summed E-state index contributed by atoms with van der Waals surface area (Å²) < 4.78 is 18.6. The zero-order valence-electron chi connectivity index (χ0n) is 10.3. The van der Waals surface area contributed by atoms with Crippen molar-refractivity contribution in [2.75, 3.05) is 6.54 Å². The minimum Gasteiger partial charge on any atom is -0.473 e. The first-order chi connectivity index (χ1) is 9.31. The Bertz CT molecular complexity index is 625. The van der Waals surface area contributed by atoms with Crippen molar-refractivity contribution in [3.05, 3.63) is 59.0 Å². The molecule has 0 unspecified atom stereocenters. The predicted molar refractivity (Wildman–Crippen MR) is 71.1 cm³/mol. The summed E-state index contributed by atoms with van der Waals surface area (Å²) in [4.78, 5) is 8.65. The van der Waals surface area contributed by atoms with E-state index in [0.717, 1.165) is 29.8 Å². The molecule has 96 valence electrons. The Kier molecular flexibility index (Phi) is 3.23. The van der Waals surface area contributed by atoms with Gasteiger partial charge in [0.2, 0.25) is 5.88 Å². The van der Waals surface area contributed by atoms with Gasteiger partial charge in [0.15, 0.2) is 0 Å². The predicted octanol–water partition coefficient (Wildman–Crippen LogP) is 2.77. The summed E-state index contributed by atoms with van der Waals surface area (Å²) >= 11 is 0. The standard InChI is InChI=1S/C15H13FN2O/c16-13-3-1-2-11(8-13)10-19-15-5-4-12-9-17-7-6-14(12)18-15/h1-5,8-9H,6-7,10H2. The van der Waals surface area contributed by atoms with Gasteiger partial charge in [-0.15, -0.1) is 0 Å². The molecule has 3 nitrogen and oxygen atoms in total. The molecule has 2 aromatic rings. The van der Waals surface area contributed by atoms with Gasteiger partial charge >= 0.3 is 0 Å². The third-order valence-electron chi connectivity index (χ3n) is 2.97. The molecule has 1 aromatic carbocycles. The van der Waals surface area contributed by atoms with Gasteiger partial charge in [-0.2, -0.15) is 0 Å². The maximum absolute atomic E-state index is 13.0. The second-order valence-corrected chi connectivity index (χ2v) is 4.39. The van der Waals surface area contributed by atoms with Crippen molar-refractivity contribution in [1.29, 1.82) is 0 Å². The van der Waals surface area contributed by atoms with E-state index in [0.29, 0.717) is 12.5 Å². The minimum absolute atomic E-state index is 0.254. The Balaban J connectivity index is 1.72. The number of nitrogens with zero attached hydrogens (tertiary/aromatic N) is 2. The highest BCUT2D eigenvalue weighted by molar-refractivity contribution is 5.82. The van der Waals surface area contributed by atoms with Crippen molar-refractivity contribution in [2.45, 2.75) is 13.0 Å². The maximum atomic E-state index is 13.0. The lowest BCUT2D eigenvalue weighted by atomic mass is 10.1. The van der Waals surface area contributed by atoms with E-state index >= 15 is 0 Å². The van der Waals surface area contributed by atoms with Gasteiger partial charge in [-0.25, -0.2) is 9.37 Å². The van der Waals surface area contributed by atoms with Crippen LogP contribution in [0.2, 0.25) is 0 Å². The first-order valence-electron chi connectivity index (χ1n) is 6.18. The Morgan fingerprint density at radius 3 is 3.05 bits per heavy atom. The summed E-state index contributed by atoms with van der Waals surface area (Å²) in [6.45, 7) is 1.09. The fraction of sp³-hybridized carbons (Fsp3) is 0.200. The second kappa shape index (κ2) is 5.18. The molecule has 0 N–H and O–H groups in total. The molecule has 4 heteroatoms. The van der Waals surface area contributed by atoms with Crippen LogP contribution in [0.3, 0.4) is 0 Å². The van der Waals surface area contributed by atoms with Crippen molar-refractivity contribution < 1.29 is 9.13 Å². The monoisotopic (exact) mass is 256 g/mol. The molecule has 1 aliphatic rings. The van der Waals surface area contributed by atoms with Crippen molar-refractivity contribution >= 4 is 6.21 Å². The van der Waals surface area contributed by atoms with Gasteiger partial charge in [-0.05, 0) is 23.8 Å². The van der Waals surface area contributed by atoms with E-state index in [4.69, 9.17) is 4.74 Å². The first-order valence-corrected chi connectivity index (χ1v) is 6.18. The molecular formula is C15H13FN2O. The summed E-state index contributed by atoms with van der Waals surface area (Å²) in [5.41, 5.74) is 2.84. The lowest BCUT2D eigenvalue weighted by Crippen LogP contribution is -2.07. The Hall–Kier alpha value is -2.23. The van der Waals surface area contributed by atoms with Crippen LogP contribution in [0.5, 0.6) is 5.88 Å². The SMILES string of the molecule is Fc1cccc(COc2ccc3c(n2)CCN=C3)c1. The largest absolute Gasteiger partial charge is 0.473 e. The molecule has 0 saturated heterocycles. The third-order valence-corrected chi connectivity index (χ3v) is 2.97. The Morgan fingerprint density at radius 2 is 2.16 bits per heavy atom. The molecule has 0 aliphatic carbocycles. The minimum atomic E-state index is -0.254. The van der Waals surface area contributed by atoms with E-state index in [9.17, 15) is 4.39 Å². The van der Waals surface area contributed by atoms with Crippen LogP contribution < -0.4 is 4.74 Å². The molecule has 0 spiro atoms. The van der Waals surface area contributed by atoms with Gasteiger partial charge in [-0.3, -0.25) is 4.99 Å². The quantitative estimate of drug-likeness (QED) is 0.846. The number of aliphatic imine (C=N–C) groups is 1. The van der Waals surface area contributed by atoms with E-state index in [1.54, 1.807) is 6.07 Å². The lowest BCUT2D eigenvalue weighted by Gasteiger charge is -2.11. The van der Waals surface area contributed by atoms with E-state index in [1.165, 1.54) is 12.1 Å². The zero-order chi connectivity index (χ0) is 13.1. The molecule has 0 saturated carbocycles. The maximum Gasteiger partial charge on any atom is 0.213 e. The van der Waals surface area contributed by atoms with Gasteiger partial charge < -0.3 is 4.74 Å². The van der Waals surface area contributed by atoms with E-state index < -0.39 is 0 Å². The van der Waals surface area contributed by atoms with Gasteiger partial charge in [0, 0.05) is 30.8 Å². The third kappa shape index (κ3) is 2.78. The summed E-state index contributed by atoms with van der Waals surface area (Å²) in [6, 6.07) is 10.1. The smallest absolute Gasteiger partial charge is 0.213 e. The molecule has 3 rings (SSSR count). The van der Waals surface area contributed by atoms with E-state index in [2.05, 4.69) is 9.98 Å². The zero-order valence-corrected chi connectivity index (χ0v) is 10.3. The Labute approximate surface area is 110 Å². The first kappa shape index (κ1) is 11.8. The van der Waals surface area contributed by atoms with Crippen LogP contribution in [0.25, 0.3) is 0 Å². The number of pyridine rings is 1. The van der Waals surface area contributed by atoms with E-state index in [1.807, 2.05) is 24.4 Å². The van der Waals surface area contributed by atoms with Crippen molar-refractivity contribution in [1.82, 2.24) is 4.98 Å². The topological polar surface area (TPSA) is 34.5 Å². The van der Waals surface area contributed by atoms with Crippen molar-refractivity contribution in [3.8, 4) is 5.88 Å². The molecule has 0 radical (unpaired) electrons. The number of benzene rings is 1. The molecule has 0 bridgehead atoms. The normalized spacial score (nSPS) is 13.1. The molecule has 0 fully saturated rings. The highest BCUT2D eigenvalue weighted by Gasteiger charge is 2.08. The number of aromatic nitrogens is 1. The fourth-order valence-electron chi connectivity index (χ4n) is 2.01. The molecule has 0 amide bonds. The summed E-state index contributed by atoms with van der Waals surface area (Å²) in [7, 11) is 0. The Morgan fingerprint density at radius 1 is 1.21 bits per heavy atom. The average molecular weight is 256 g/mol. The van der Waals surface area contributed by atoms with Crippen LogP contribution in [0.1, 0.15) is 16.8 Å². The van der Waals surface area contributed by atoms with Gasteiger partial charge in [0.05, 0.1) is 5.69 Å².